The normalized spacial score (nSPS) is 50.3. The minimum atomic E-state index is -0.230. The maximum atomic E-state index is 11.8. The fourth-order valence-electron chi connectivity index (χ4n) is 8.83. The lowest BCUT2D eigenvalue weighted by atomic mass is 9.43. The number of carbonyl (C=O) groups excluding carboxylic acids is 1. The lowest BCUT2D eigenvalue weighted by molar-refractivity contribution is -0.174. The highest BCUT2D eigenvalue weighted by Crippen LogP contribution is 2.68. The average molecular weight is 423 g/mol. The van der Waals surface area contributed by atoms with Gasteiger partial charge in [-0.2, -0.15) is 12.6 Å². The first-order valence-electron chi connectivity index (χ1n) is 12.2. The molecule has 29 heavy (non-hydrogen) atoms. The van der Waals surface area contributed by atoms with Crippen LogP contribution in [0.25, 0.3) is 0 Å². The van der Waals surface area contributed by atoms with Crippen LogP contribution in [0.4, 0.5) is 0 Å². The monoisotopic (exact) mass is 422 g/mol. The van der Waals surface area contributed by atoms with Crippen molar-refractivity contribution in [2.24, 2.45) is 46.3 Å². The molecule has 3 nitrogen and oxygen atoms in total. The van der Waals surface area contributed by atoms with Crippen molar-refractivity contribution < 1.29 is 15.0 Å². The minimum Gasteiger partial charge on any atom is -0.393 e. The van der Waals surface area contributed by atoms with Crippen LogP contribution in [0.2, 0.25) is 0 Å². The van der Waals surface area contributed by atoms with Gasteiger partial charge in [-0.1, -0.05) is 20.8 Å². The van der Waals surface area contributed by atoms with Crippen molar-refractivity contribution in [3.63, 3.8) is 0 Å². The van der Waals surface area contributed by atoms with Gasteiger partial charge in [-0.25, -0.2) is 0 Å². The molecular weight excluding hydrogens is 380 g/mol. The van der Waals surface area contributed by atoms with E-state index in [9.17, 15) is 15.0 Å². The van der Waals surface area contributed by atoms with Crippen LogP contribution in [0.3, 0.4) is 0 Å². The Balaban J connectivity index is 1.53. The number of hydrogen-bond donors (Lipinski definition) is 3. The van der Waals surface area contributed by atoms with E-state index in [-0.39, 0.29) is 23.4 Å². The second-order valence-electron chi connectivity index (χ2n) is 11.6. The molecule has 0 aliphatic heterocycles. The molecule has 4 rings (SSSR count). The maximum Gasteiger partial charge on any atom is 0.142 e. The quantitative estimate of drug-likeness (QED) is 0.553. The van der Waals surface area contributed by atoms with Crippen molar-refractivity contribution in [1.29, 1.82) is 0 Å². The van der Waals surface area contributed by atoms with Crippen LogP contribution in [0.15, 0.2) is 0 Å². The van der Waals surface area contributed by atoms with Crippen LogP contribution >= 0.6 is 12.6 Å². The Labute approximate surface area is 182 Å². The van der Waals surface area contributed by atoms with Gasteiger partial charge >= 0.3 is 0 Å². The number of Topliss-reactive ketones (excluding diaryl/α,β-unsaturated/α-hetero) is 1. The molecule has 166 valence electrons. The van der Waals surface area contributed by atoms with Crippen molar-refractivity contribution in [2.75, 3.05) is 5.75 Å². The fourth-order valence-corrected chi connectivity index (χ4v) is 8.99. The van der Waals surface area contributed by atoms with Crippen LogP contribution < -0.4 is 0 Å². The molecule has 4 saturated carbocycles. The van der Waals surface area contributed by atoms with Gasteiger partial charge < -0.3 is 10.2 Å². The van der Waals surface area contributed by atoms with E-state index in [4.69, 9.17) is 0 Å². The molecule has 0 saturated heterocycles. The molecule has 0 unspecified atom stereocenters. The highest BCUT2D eigenvalue weighted by Gasteiger charge is 2.63. The number of rotatable bonds is 5. The lowest BCUT2D eigenvalue weighted by Crippen LogP contribution is -2.58. The van der Waals surface area contributed by atoms with Crippen molar-refractivity contribution in [3.8, 4) is 0 Å². The molecule has 0 bridgehead atoms. The van der Waals surface area contributed by atoms with Gasteiger partial charge in [0.25, 0.3) is 0 Å². The van der Waals surface area contributed by atoms with E-state index in [1.54, 1.807) is 0 Å². The van der Waals surface area contributed by atoms with Gasteiger partial charge in [0, 0.05) is 12.2 Å². The zero-order valence-corrected chi connectivity index (χ0v) is 19.5. The van der Waals surface area contributed by atoms with Crippen LogP contribution in [0.1, 0.15) is 85.0 Å². The van der Waals surface area contributed by atoms with Gasteiger partial charge in [0.1, 0.15) is 5.78 Å². The molecule has 0 spiro atoms. The Morgan fingerprint density at radius 3 is 2.55 bits per heavy atom. The summed E-state index contributed by atoms with van der Waals surface area (Å²) >= 11 is 4.13. The van der Waals surface area contributed by atoms with E-state index in [1.165, 1.54) is 25.7 Å². The summed E-state index contributed by atoms with van der Waals surface area (Å²) in [5.41, 5.74) is 0.301. The van der Waals surface area contributed by atoms with E-state index >= 15 is 0 Å². The van der Waals surface area contributed by atoms with Crippen molar-refractivity contribution in [3.05, 3.63) is 0 Å². The predicted molar refractivity (Wildman–Crippen MR) is 120 cm³/mol. The average Bonchev–Trinajstić information content (AvgIpc) is 3.06. The summed E-state index contributed by atoms with van der Waals surface area (Å²) in [5, 5.41) is 21.8. The summed E-state index contributed by atoms with van der Waals surface area (Å²) in [6, 6.07) is 0. The second-order valence-corrected chi connectivity index (χ2v) is 11.9. The third-order valence-electron chi connectivity index (χ3n) is 10.6. The number of ketones is 1. The molecule has 4 heteroatoms. The number of aliphatic hydroxyl groups is 2. The van der Waals surface area contributed by atoms with Crippen LogP contribution in [0, 0.1) is 46.3 Å². The molecule has 4 fully saturated rings. The molecule has 4 aliphatic rings. The summed E-state index contributed by atoms with van der Waals surface area (Å²) < 4.78 is 0. The topological polar surface area (TPSA) is 57.5 Å². The third-order valence-corrected chi connectivity index (χ3v) is 10.9. The van der Waals surface area contributed by atoms with E-state index in [0.29, 0.717) is 47.2 Å². The molecule has 0 radical (unpaired) electrons. The number of fused-ring (bicyclic) bond motifs is 5. The Morgan fingerprint density at radius 2 is 1.83 bits per heavy atom. The smallest absolute Gasteiger partial charge is 0.142 e. The van der Waals surface area contributed by atoms with Gasteiger partial charge in [0.15, 0.2) is 0 Å². The van der Waals surface area contributed by atoms with E-state index in [1.807, 2.05) is 0 Å². The largest absolute Gasteiger partial charge is 0.393 e. The van der Waals surface area contributed by atoms with E-state index < -0.39 is 0 Å². The molecule has 0 aromatic heterocycles. The van der Waals surface area contributed by atoms with Crippen LogP contribution in [-0.2, 0) is 4.79 Å². The van der Waals surface area contributed by atoms with Gasteiger partial charge in [0.2, 0.25) is 0 Å². The Hall–Kier alpha value is -0.0600. The summed E-state index contributed by atoms with van der Waals surface area (Å²) in [6.07, 6.45) is 10.2. The van der Waals surface area contributed by atoms with Gasteiger partial charge in [0.05, 0.1) is 12.2 Å². The SMILES string of the molecule is C[C@H](CCC(=O)CS)[C@H]1CC[C@H]2[C@@H]3CC[C@@H]4C[C@H](O)CC[C@]4(C)[C@H]3C[C@H](O)[C@]12C. The number of thiol groups is 1. The minimum absolute atomic E-state index is 0.00196. The highest BCUT2D eigenvalue weighted by atomic mass is 32.1. The number of aliphatic hydroxyl groups excluding tert-OH is 2. The molecule has 0 aromatic rings. The van der Waals surface area contributed by atoms with Gasteiger partial charge in [-0.3, -0.25) is 4.79 Å². The molecular formula is C25H42O3S. The number of carbonyl (C=O) groups is 1. The fraction of sp³-hybridized carbons (Fsp3) is 0.960. The summed E-state index contributed by atoms with van der Waals surface area (Å²) in [4.78, 5) is 11.8. The van der Waals surface area contributed by atoms with E-state index in [2.05, 4.69) is 33.4 Å². The van der Waals surface area contributed by atoms with Crippen molar-refractivity contribution in [1.82, 2.24) is 0 Å². The second kappa shape index (κ2) is 8.13. The summed E-state index contributed by atoms with van der Waals surface area (Å²) in [5.74, 6) is 4.19. The molecule has 2 N–H and O–H groups in total. The van der Waals surface area contributed by atoms with Gasteiger partial charge in [-0.15, -0.1) is 0 Å². The van der Waals surface area contributed by atoms with Crippen LogP contribution in [-0.4, -0.2) is 34.0 Å². The van der Waals surface area contributed by atoms with Gasteiger partial charge in [-0.05, 0) is 104 Å². The van der Waals surface area contributed by atoms with Crippen molar-refractivity contribution >= 4 is 18.4 Å². The predicted octanol–water partition coefficient (Wildman–Crippen LogP) is 4.89. The Kier molecular flexibility index (Phi) is 6.21. The molecule has 0 heterocycles. The Morgan fingerprint density at radius 1 is 1.07 bits per heavy atom. The summed E-state index contributed by atoms with van der Waals surface area (Å²) in [6.45, 7) is 7.17. The first kappa shape index (κ1) is 22.1. The molecule has 0 amide bonds. The third kappa shape index (κ3) is 3.53. The molecule has 10 atom stereocenters. The summed E-state index contributed by atoms with van der Waals surface area (Å²) in [7, 11) is 0. The zero-order valence-electron chi connectivity index (χ0n) is 18.6. The zero-order chi connectivity index (χ0) is 21.0. The maximum absolute atomic E-state index is 11.8. The standard InChI is InChI=1S/C25H42O3S/c1-15(4-6-18(27)14-29)20-8-9-21-19-7-5-16-12-17(26)10-11-24(16,2)22(19)13-23(28)25(20,21)3/h15-17,19-23,26,28-29H,4-14H2,1-3H3/t15-,16-,17-,19+,20-,21+,22+,23+,24+,25-/m1/s1. The van der Waals surface area contributed by atoms with E-state index in [0.717, 1.165) is 38.0 Å². The first-order chi connectivity index (χ1) is 13.7. The van der Waals surface area contributed by atoms with Crippen LogP contribution in [0.5, 0.6) is 0 Å². The Bertz CT molecular complexity index is 623. The molecule has 0 aromatic carbocycles. The highest BCUT2D eigenvalue weighted by molar-refractivity contribution is 7.81. The van der Waals surface area contributed by atoms with Crippen molar-refractivity contribution in [2.45, 2.75) is 97.2 Å². The molecule has 4 aliphatic carbocycles. The first-order valence-corrected chi connectivity index (χ1v) is 12.8. The lowest BCUT2D eigenvalue weighted by Gasteiger charge is -2.62. The number of hydrogen-bond acceptors (Lipinski definition) is 4.